The molecular weight excluding hydrogens is 206 g/mol. The molecule has 2 rings (SSSR count). The average Bonchev–Trinajstić information content (AvgIpc) is 2.59. The number of nitrogens with zero attached hydrogens (tertiary/aromatic N) is 1. The van der Waals surface area contributed by atoms with Crippen LogP contribution in [0.3, 0.4) is 0 Å². The molecule has 0 saturated carbocycles. The van der Waals surface area contributed by atoms with E-state index >= 15 is 0 Å². The first-order valence-electron chi connectivity index (χ1n) is 4.09. The van der Waals surface area contributed by atoms with Crippen LogP contribution in [0.1, 0.15) is 22.6 Å². The number of alkyl halides is 2. The van der Waals surface area contributed by atoms with Gasteiger partial charge < -0.3 is 10.1 Å². The van der Waals surface area contributed by atoms with Crippen LogP contribution in [-0.4, -0.2) is 21.0 Å². The van der Waals surface area contributed by atoms with Gasteiger partial charge in [0.25, 0.3) is 6.43 Å². The van der Waals surface area contributed by atoms with Crippen LogP contribution in [0, 0.1) is 0 Å². The Bertz CT molecular complexity index is 522. The standard InChI is InChI=1S/C9H6F2N2O2/c10-7(11)8-12-5-2-1-4(9(14)15)3-6(5)13-8/h1-3,7H,(H,12,13)(H,14,15). The maximum absolute atomic E-state index is 12.3. The summed E-state index contributed by atoms with van der Waals surface area (Å²) in [6.45, 7) is 0. The van der Waals surface area contributed by atoms with Crippen molar-refractivity contribution >= 4 is 17.0 Å². The summed E-state index contributed by atoms with van der Waals surface area (Å²) in [5.41, 5.74) is 0.660. The second kappa shape index (κ2) is 3.30. The van der Waals surface area contributed by atoms with Gasteiger partial charge in [-0.2, -0.15) is 0 Å². The molecule has 0 aliphatic heterocycles. The Morgan fingerprint density at radius 2 is 2.20 bits per heavy atom. The van der Waals surface area contributed by atoms with E-state index in [2.05, 4.69) is 9.97 Å². The lowest BCUT2D eigenvalue weighted by Crippen LogP contribution is -1.94. The normalized spacial score (nSPS) is 11.1. The number of carboxylic acid groups (broad SMARTS) is 1. The van der Waals surface area contributed by atoms with E-state index in [1.165, 1.54) is 18.2 Å². The third kappa shape index (κ3) is 1.65. The van der Waals surface area contributed by atoms with Crippen LogP contribution in [0.4, 0.5) is 8.78 Å². The Morgan fingerprint density at radius 3 is 2.80 bits per heavy atom. The number of H-pyrrole nitrogens is 1. The highest BCUT2D eigenvalue weighted by Crippen LogP contribution is 2.20. The molecule has 1 aromatic heterocycles. The fourth-order valence-electron chi connectivity index (χ4n) is 1.27. The number of carboxylic acids is 1. The number of hydrogen-bond donors (Lipinski definition) is 2. The quantitative estimate of drug-likeness (QED) is 0.801. The van der Waals surface area contributed by atoms with Crippen LogP contribution in [-0.2, 0) is 0 Å². The summed E-state index contributed by atoms with van der Waals surface area (Å²) in [6, 6.07) is 3.98. The highest BCUT2D eigenvalue weighted by Gasteiger charge is 2.13. The molecule has 0 unspecified atom stereocenters. The van der Waals surface area contributed by atoms with Gasteiger partial charge in [-0.1, -0.05) is 0 Å². The summed E-state index contributed by atoms with van der Waals surface area (Å²) in [5.74, 6) is -1.56. The van der Waals surface area contributed by atoms with Gasteiger partial charge in [-0.3, -0.25) is 0 Å². The van der Waals surface area contributed by atoms with Crippen LogP contribution in [0.15, 0.2) is 18.2 Å². The third-order valence-electron chi connectivity index (χ3n) is 1.95. The molecule has 4 nitrogen and oxygen atoms in total. The fourth-order valence-corrected chi connectivity index (χ4v) is 1.27. The molecule has 0 fully saturated rings. The number of aromatic nitrogens is 2. The van der Waals surface area contributed by atoms with Crippen molar-refractivity contribution in [2.24, 2.45) is 0 Å². The Morgan fingerprint density at radius 1 is 1.47 bits per heavy atom. The predicted octanol–water partition coefficient (Wildman–Crippen LogP) is 2.20. The molecule has 2 N–H and O–H groups in total. The van der Waals surface area contributed by atoms with Gasteiger partial charge in [0.2, 0.25) is 0 Å². The Kier molecular flexibility index (Phi) is 2.11. The Labute approximate surface area is 82.6 Å². The number of aromatic amines is 1. The van der Waals surface area contributed by atoms with E-state index in [1.807, 2.05) is 0 Å². The van der Waals surface area contributed by atoms with Gasteiger partial charge in [-0.15, -0.1) is 0 Å². The molecule has 0 aliphatic rings. The number of benzene rings is 1. The highest BCUT2D eigenvalue weighted by atomic mass is 19.3. The first-order chi connectivity index (χ1) is 7.08. The van der Waals surface area contributed by atoms with Gasteiger partial charge in [-0.05, 0) is 18.2 Å². The number of rotatable bonds is 2. The summed E-state index contributed by atoms with van der Waals surface area (Å²) < 4.78 is 24.5. The minimum absolute atomic E-state index is 0.0342. The van der Waals surface area contributed by atoms with E-state index in [-0.39, 0.29) is 5.56 Å². The molecule has 6 heteroatoms. The van der Waals surface area contributed by atoms with Crippen LogP contribution in [0.2, 0.25) is 0 Å². The van der Waals surface area contributed by atoms with Gasteiger partial charge in [0.15, 0.2) is 5.82 Å². The van der Waals surface area contributed by atoms with Gasteiger partial charge in [0.05, 0.1) is 16.6 Å². The molecule has 1 aromatic carbocycles. The molecular formula is C9H6F2N2O2. The van der Waals surface area contributed by atoms with Crippen LogP contribution in [0.5, 0.6) is 0 Å². The number of fused-ring (bicyclic) bond motifs is 1. The zero-order valence-electron chi connectivity index (χ0n) is 7.37. The van der Waals surface area contributed by atoms with Gasteiger partial charge >= 0.3 is 5.97 Å². The van der Waals surface area contributed by atoms with Crippen LogP contribution >= 0.6 is 0 Å². The molecule has 0 amide bonds. The molecule has 1 heterocycles. The van der Waals surface area contributed by atoms with Crippen LogP contribution < -0.4 is 0 Å². The molecule has 0 spiro atoms. The molecule has 0 saturated heterocycles. The lowest BCUT2D eigenvalue weighted by atomic mass is 10.2. The SMILES string of the molecule is O=C(O)c1ccc2nc(C(F)F)[nH]c2c1. The number of aromatic carboxylic acids is 1. The van der Waals surface area contributed by atoms with E-state index in [4.69, 9.17) is 5.11 Å². The number of carbonyl (C=O) groups is 1. The molecule has 0 bridgehead atoms. The van der Waals surface area contributed by atoms with E-state index < -0.39 is 18.2 Å². The second-order valence-electron chi connectivity index (χ2n) is 2.96. The van der Waals surface area contributed by atoms with Crippen molar-refractivity contribution in [1.82, 2.24) is 9.97 Å². The lowest BCUT2D eigenvalue weighted by Gasteiger charge is -1.92. The van der Waals surface area contributed by atoms with Crippen molar-refractivity contribution in [2.75, 3.05) is 0 Å². The zero-order chi connectivity index (χ0) is 11.0. The lowest BCUT2D eigenvalue weighted by molar-refractivity contribution is 0.0697. The monoisotopic (exact) mass is 212 g/mol. The van der Waals surface area contributed by atoms with Crippen molar-refractivity contribution in [3.8, 4) is 0 Å². The van der Waals surface area contributed by atoms with Crippen molar-refractivity contribution in [2.45, 2.75) is 6.43 Å². The maximum Gasteiger partial charge on any atom is 0.335 e. The van der Waals surface area contributed by atoms with Crippen molar-refractivity contribution < 1.29 is 18.7 Å². The van der Waals surface area contributed by atoms with E-state index in [9.17, 15) is 13.6 Å². The fraction of sp³-hybridized carbons (Fsp3) is 0.111. The number of imidazole rings is 1. The molecule has 78 valence electrons. The predicted molar refractivity (Wildman–Crippen MR) is 48.0 cm³/mol. The minimum atomic E-state index is -2.69. The van der Waals surface area contributed by atoms with Crippen molar-refractivity contribution in [1.29, 1.82) is 0 Å². The highest BCUT2D eigenvalue weighted by molar-refractivity contribution is 5.92. The molecule has 15 heavy (non-hydrogen) atoms. The largest absolute Gasteiger partial charge is 0.478 e. The Balaban J connectivity index is 2.57. The van der Waals surface area contributed by atoms with Crippen molar-refractivity contribution in [3.05, 3.63) is 29.6 Å². The third-order valence-corrected chi connectivity index (χ3v) is 1.95. The maximum atomic E-state index is 12.3. The summed E-state index contributed by atoms with van der Waals surface area (Å²) in [7, 11) is 0. The second-order valence-corrected chi connectivity index (χ2v) is 2.96. The first kappa shape index (κ1) is 9.57. The average molecular weight is 212 g/mol. The van der Waals surface area contributed by atoms with E-state index in [0.29, 0.717) is 11.0 Å². The topological polar surface area (TPSA) is 66.0 Å². The summed E-state index contributed by atoms with van der Waals surface area (Å²) >= 11 is 0. The smallest absolute Gasteiger partial charge is 0.335 e. The Hall–Kier alpha value is -1.98. The van der Waals surface area contributed by atoms with Gasteiger partial charge in [0, 0.05) is 0 Å². The summed E-state index contributed by atoms with van der Waals surface area (Å²) in [5, 5.41) is 8.68. The molecule has 2 aromatic rings. The van der Waals surface area contributed by atoms with Gasteiger partial charge in [-0.25, -0.2) is 18.6 Å². The van der Waals surface area contributed by atoms with Crippen molar-refractivity contribution in [3.63, 3.8) is 0 Å². The number of hydrogen-bond acceptors (Lipinski definition) is 2. The number of halogens is 2. The first-order valence-corrected chi connectivity index (χ1v) is 4.09. The van der Waals surface area contributed by atoms with Crippen LogP contribution in [0.25, 0.3) is 11.0 Å². The molecule has 0 aliphatic carbocycles. The molecule has 0 atom stereocenters. The summed E-state index contributed by atoms with van der Waals surface area (Å²) in [6.07, 6.45) is -2.69. The zero-order valence-corrected chi connectivity index (χ0v) is 7.37. The minimum Gasteiger partial charge on any atom is -0.478 e. The van der Waals surface area contributed by atoms with E-state index in [0.717, 1.165) is 0 Å². The van der Waals surface area contributed by atoms with E-state index in [1.54, 1.807) is 0 Å². The molecule has 0 radical (unpaired) electrons. The summed E-state index contributed by atoms with van der Waals surface area (Å²) in [4.78, 5) is 16.6. The number of nitrogens with one attached hydrogen (secondary N) is 1. The van der Waals surface area contributed by atoms with Gasteiger partial charge in [0.1, 0.15) is 0 Å².